The van der Waals surface area contributed by atoms with E-state index >= 15 is 0 Å². The number of ether oxygens (including phenoxy) is 1. The molecule has 0 aliphatic rings. The maximum Gasteiger partial charge on any atom is 0.122 e. The molecular formula is C18H23NO. The predicted octanol–water partition coefficient (Wildman–Crippen LogP) is 4.16. The quantitative estimate of drug-likeness (QED) is 0.884. The van der Waals surface area contributed by atoms with Gasteiger partial charge in [-0.15, -0.1) is 0 Å². The van der Waals surface area contributed by atoms with Crippen molar-refractivity contribution in [2.45, 2.75) is 39.3 Å². The maximum atomic E-state index is 6.36. The Balaban J connectivity index is 2.18. The second kappa shape index (κ2) is 6.58. The first kappa shape index (κ1) is 14.6. The van der Waals surface area contributed by atoms with Gasteiger partial charge in [0.05, 0.1) is 6.04 Å². The Hall–Kier alpha value is -1.80. The molecule has 2 rings (SSSR count). The summed E-state index contributed by atoms with van der Waals surface area (Å²) >= 11 is 0. The second-order valence-corrected chi connectivity index (χ2v) is 5.27. The molecule has 0 aliphatic heterocycles. The van der Waals surface area contributed by atoms with Crippen LogP contribution < -0.4 is 10.5 Å². The Morgan fingerprint density at radius 1 is 1.05 bits per heavy atom. The average molecular weight is 269 g/mol. The van der Waals surface area contributed by atoms with E-state index in [1.54, 1.807) is 0 Å². The molecular weight excluding hydrogens is 246 g/mol. The lowest BCUT2D eigenvalue weighted by Crippen LogP contribution is -2.31. The summed E-state index contributed by atoms with van der Waals surface area (Å²) in [4.78, 5) is 0. The minimum Gasteiger partial charge on any atom is -0.488 e. The summed E-state index contributed by atoms with van der Waals surface area (Å²) in [6.45, 7) is 6.25. The Morgan fingerprint density at radius 3 is 2.40 bits per heavy atom. The van der Waals surface area contributed by atoms with E-state index in [1.165, 1.54) is 5.56 Å². The highest BCUT2D eigenvalue weighted by Crippen LogP contribution is 2.25. The van der Waals surface area contributed by atoms with Gasteiger partial charge in [0.25, 0.3) is 0 Å². The zero-order valence-corrected chi connectivity index (χ0v) is 12.5. The molecule has 0 fully saturated rings. The lowest BCUT2D eigenvalue weighted by atomic mass is 10.0. The van der Waals surface area contributed by atoms with E-state index in [2.05, 4.69) is 51.1 Å². The van der Waals surface area contributed by atoms with Gasteiger partial charge in [-0.05, 0) is 43.0 Å². The molecule has 0 saturated heterocycles. The van der Waals surface area contributed by atoms with Crippen LogP contribution in [0.15, 0.2) is 48.5 Å². The second-order valence-electron chi connectivity index (χ2n) is 5.27. The van der Waals surface area contributed by atoms with Crippen LogP contribution in [0.5, 0.6) is 5.75 Å². The van der Waals surface area contributed by atoms with Crippen LogP contribution in [-0.4, -0.2) is 6.10 Å². The van der Waals surface area contributed by atoms with Crippen LogP contribution in [0.2, 0.25) is 0 Å². The largest absolute Gasteiger partial charge is 0.488 e. The first-order chi connectivity index (χ1) is 9.61. The molecule has 2 nitrogen and oxygen atoms in total. The predicted molar refractivity (Wildman–Crippen MR) is 84.0 cm³/mol. The van der Waals surface area contributed by atoms with Crippen molar-refractivity contribution in [1.29, 1.82) is 0 Å². The molecule has 2 aromatic rings. The standard InChI is InChI=1S/C18H23NO/c1-4-16(18(19)15-8-6-5-7-9-15)20-17-12-13(2)10-11-14(17)3/h5-12,16,18H,4,19H2,1-3H3. The fourth-order valence-electron chi connectivity index (χ4n) is 2.30. The van der Waals surface area contributed by atoms with Crippen molar-refractivity contribution < 1.29 is 4.74 Å². The van der Waals surface area contributed by atoms with Gasteiger partial charge in [0.2, 0.25) is 0 Å². The SMILES string of the molecule is CCC(Oc1cc(C)ccc1C)C(N)c1ccccc1. The molecule has 0 spiro atoms. The molecule has 0 radical (unpaired) electrons. The van der Waals surface area contributed by atoms with E-state index in [1.807, 2.05) is 18.2 Å². The average Bonchev–Trinajstić information content (AvgIpc) is 2.48. The van der Waals surface area contributed by atoms with Crippen molar-refractivity contribution >= 4 is 0 Å². The lowest BCUT2D eigenvalue weighted by Gasteiger charge is -2.25. The van der Waals surface area contributed by atoms with Crippen LogP contribution in [-0.2, 0) is 0 Å². The van der Waals surface area contributed by atoms with E-state index in [0.29, 0.717) is 0 Å². The number of nitrogens with two attached hydrogens (primary N) is 1. The molecule has 0 aliphatic carbocycles. The van der Waals surface area contributed by atoms with Crippen molar-refractivity contribution in [3.8, 4) is 5.75 Å². The number of rotatable bonds is 5. The number of hydrogen-bond acceptors (Lipinski definition) is 2. The van der Waals surface area contributed by atoms with Gasteiger partial charge >= 0.3 is 0 Å². The van der Waals surface area contributed by atoms with Crippen LogP contribution in [0.1, 0.15) is 36.1 Å². The summed E-state index contributed by atoms with van der Waals surface area (Å²) in [5.41, 5.74) is 9.83. The monoisotopic (exact) mass is 269 g/mol. The van der Waals surface area contributed by atoms with E-state index in [-0.39, 0.29) is 12.1 Å². The summed E-state index contributed by atoms with van der Waals surface area (Å²) in [5.74, 6) is 0.934. The first-order valence-corrected chi connectivity index (χ1v) is 7.16. The highest BCUT2D eigenvalue weighted by atomic mass is 16.5. The fraction of sp³-hybridized carbons (Fsp3) is 0.333. The Bertz CT molecular complexity index is 551. The summed E-state index contributed by atoms with van der Waals surface area (Å²) in [6.07, 6.45) is 0.863. The minimum atomic E-state index is -0.110. The van der Waals surface area contributed by atoms with Crippen molar-refractivity contribution in [3.05, 3.63) is 65.2 Å². The molecule has 0 bridgehead atoms. The van der Waals surface area contributed by atoms with Crippen LogP contribution in [0, 0.1) is 13.8 Å². The third kappa shape index (κ3) is 3.40. The van der Waals surface area contributed by atoms with Crippen molar-refractivity contribution in [3.63, 3.8) is 0 Å². The van der Waals surface area contributed by atoms with Gasteiger partial charge < -0.3 is 10.5 Å². The van der Waals surface area contributed by atoms with E-state index in [9.17, 15) is 0 Å². The normalized spacial score (nSPS) is 13.8. The van der Waals surface area contributed by atoms with E-state index in [0.717, 1.165) is 23.3 Å². The van der Waals surface area contributed by atoms with Gasteiger partial charge in [0.1, 0.15) is 11.9 Å². The van der Waals surface area contributed by atoms with Crippen LogP contribution >= 0.6 is 0 Å². The van der Waals surface area contributed by atoms with Crippen LogP contribution in [0.4, 0.5) is 0 Å². The number of benzene rings is 2. The van der Waals surface area contributed by atoms with Gasteiger partial charge in [-0.25, -0.2) is 0 Å². The Labute approximate surface area is 121 Å². The molecule has 2 aromatic carbocycles. The highest BCUT2D eigenvalue weighted by molar-refractivity contribution is 5.36. The van der Waals surface area contributed by atoms with Gasteiger partial charge in [-0.3, -0.25) is 0 Å². The molecule has 2 atom stereocenters. The molecule has 0 amide bonds. The molecule has 0 saturated carbocycles. The Morgan fingerprint density at radius 2 is 1.75 bits per heavy atom. The lowest BCUT2D eigenvalue weighted by molar-refractivity contribution is 0.165. The fourth-order valence-corrected chi connectivity index (χ4v) is 2.30. The van der Waals surface area contributed by atoms with Crippen LogP contribution in [0.3, 0.4) is 0 Å². The van der Waals surface area contributed by atoms with E-state index < -0.39 is 0 Å². The summed E-state index contributed by atoms with van der Waals surface area (Å²) in [6, 6.07) is 16.3. The topological polar surface area (TPSA) is 35.2 Å². The number of aryl methyl sites for hydroxylation is 2. The highest BCUT2D eigenvalue weighted by Gasteiger charge is 2.20. The van der Waals surface area contributed by atoms with Gasteiger partial charge in [0.15, 0.2) is 0 Å². The smallest absolute Gasteiger partial charge is 0.122 e. The summed E-state index contributed by atoms with van der Waals surface area (Å²) in [5, 5.41) is 0. The van der Waals surface area contributed by atoms with Crippen molar-refractivity contribution in [1.82, 2.24) is 0 Å². The molecule has 0 aromatic heterocycles. The third-order valence-corrected chi connectivity index (χ3v) is 3.61. The molecule has 0 heterocycles. The molecule has 2 unspecified atom stereocenters. The molecule has 106 valence electrons. The molecule has 2 heteroatoms. The zero-order chi connectivity index (χ0) is 14.5. The third-order valence-electron chi connectivity index (χ3n) is 3.61. The van der Waals surface area contributed by atoms with Gasteiger partial charge in [-0.2, -0.15) is 0 Å². The maximum absolute atomic E-state index is 6.36. The van der Waals surface area contributed by atoms with E-state index in [4.69, 9.17) is 10.5 Å². The zero-order valence-electron chi connectivity index (χ0n) is 12.5. The van der Waals surface area contributed by atoms with Gasteiger partial charge in [0, 0.05) is 0 Å². The Kier molecular flexibility index (Phi) is 4.80. The summed E-state index contributed by atoms with van der Waals surface area (Å²) < 4.78 is 6.17. The minimum absolute atomic E-state index is 0.0158. The number of hydrogen-bond donors (Lipinski definition) is 1. The van der Waals surface area contributed by atoms with Crippen LogP contribution in [0.25, 0.3) is 0 Å². The van der Waals surface area contributed by atoms with Gasteiger partial charge in [-0.1, -0.05) is 49.4 Å². The first-order valence-electron chi connectivity index (χ1n) is 7.16. The molecule has 20 heavy (non-hydrogen) atoms. The van der Waals surface area contributed by atoms with Crippen molar-refractivity contribution in [2.75, 3.05) is 0 Å². The summed E-state index contributed by atoms with van der Waals surface area (Å²) in [7, 11) is 0. The van der Waals surface area contributed by atoms with Crippen molar-refractivity contribution in [2.24, 2.45) is 5.73 Å². The molecule has 2 N–H and O–H groups in total.